The normalized spacial score (nSPS) is 12.7. The lowest BCUT2D eigenvalue weighted by Gasteiger charge is -1.95. The van der Waals surface area contributed by atoms with Gasteiger partial charge in [0.05, 0.1) is 0 Å². The van der Waals surface area contributed by atoms with Gasteiger partial charge >= 0.3 is 5.63 Å². The lowest BCUT2D eigenvalue weighted by molar-refractivity contribution is 0.470. The van der Waals surface area contributed by atoms with E-state index in [0.717, 1.165) is 23.5 Å². The Hall–Kier alpha value is -1.31. The molecule has 0 aromatic carbocycles. The molecule has 2 heteroatoms. The summed E-state index contributed by atoms with van der Waals surface area (Å²) in [7, 11) is 0. The van der Waals surface area contributed by atoms with Gasteiger partial charge in [0, 0.05) is 11.3 Å². The summed E-state index contributed by atoms with van der Waals surface area (Å²) in [6.45, 7) is 4.25. The summed E-state index contributed by atoms with van der Waals surface area (Å²) in [6.07, 6.45) is 7.30. The Morgan fingerprint density at radius 1 is 1.21 bits per heavy atom. The van der Waals surface area contributed by atoms with E-state index in [1.165, 1.54) is 12.5 Å². The average molecular weight is 192 g/mol. The zero-order chi connectivity index (χ0) is 10.4. The van der Waals surface area contributed by atoms with Crippen molar-refractivity contribution in [3.8, 4) is 0 Å². The molecule has 0 N–H and O–H groups in total. The van der Waals surface area contributed by atoms with E-state index < -0.39 is 0 Å². The molecule has 1 aromatic heterocycles. The zero-order valence-corrected chi connectivity index (χ0v) is 8.75. The van der Waals surface area contributed by atoms with Crippen LogP contribution in [0.2, 0.25) is 0 Å². The van der Waals surface area contributed by atoms with E-state index in [1.807, 2.05) is 6.08 Å². The van der Waals surface area contributed by atoms with E-state index in [-0.39, 0.29) is 5.63 Å². The molecule has 0 atom stereocenters. The second kappa shape index (κ2) is 5.43. The highest BCUT2D eigenvalue weighted by Gasteiger charge is 1.94. The summed E-state index contributed by atoms with van der Waals surface area (Å²) in [5.74, 6) is 0. The molecular formula is C12H16O2. The molecule has 0 unspecified atom stereocenters. The van der Waals surface area contributed by atoms with Crippen LogP contribution in [-0.2, 0) is 0 Å². The Labute approximate surface area is 83.6 Å². The van der Waals surface area contributed by atoms with Gasteiger partial charge in [-0.15, -0.1) is 0 Å². The molecule has 0 saturated heterocycles. The summed E-state index contributed by atoms with van der Waals surface area (Å²) in [4.78, 5) is 10.7. The van der Waals surface area contributed by atoms with Crippen LogP contribution in [0, 0.1) is 0 Å². The molecule has 0 aliphatic heterocycles. The predicted molar refractivity (Wildman–Crippen MR) is 58.4 cm³/mol. The fourth-order valence-corrected chi connectivity index (χ4v) is 1.22. The van der Waals surface area contributed by atoms with Gasteiger partial charge in [0.15, 0.2) is 0 Å². The maximum atomic E-state index is 10.7. The Morgan fingerprint density at radius 2 is 1.86 bits per heavy atom. The lowest BCUT2D eigenvalue weighted by Crippen LogP contribution is -2.29. The summed E-state index contributed by atoms with van der Waals surface area (Å²) in [5.41, 5.74) is 0.457. The summed E-state index contributed by atoms with van der Waals surface area (Å²) >= 11 is 0. The molecule has 2 nitrogen and oxygen atoms in total. The van der Waals surface area contributed by atoms with Crippen LogP contribution in [0.3, 0.4) is 0 Å². The van der Waals surface area contributed by atoms with Crippen LogP contribution in [0.1, 0.15) is 33.1 Å². The second-order valence-corrected chi connectivity index (χ2v) is 3.27. The van der Waals surface area contributed by atoms with Crippen molar-refractivity contribution < 1.29 is 4.42 Å². The largest absolute Gasteiger partial charge is 0.423 e. The summed E-state index contributed by atoms with van der Waals surface area (Å²) < 4.78 is 4.96. The van der Waals surface area contributed by atoms with Gasteiger partial charge in [-0.2, -0.15) is 0 Å². The van der Waals surface area contributed by atoms with Gasteiger partial charge in [-0.1, -0.05) is 26.3 Å². The minimum Gasteiger partial charge on any atom is -0.423 e. The first-order chi connectivity index (χ1) is 6.77. The second-order valence-electron chi connectivity index (χ2n) is 3.27. The topological polar surface area (TPSA) is 30.2 Å². The smallest absolute Gasteiger partial charge is 0.336 e. The van der Waals surface area contributed by atoms with Crippen LogP contribution in [0.5, 0.6) is 0 Å². The van der Waals surface area contributed by atoms with Crippen molar-refractivity contribution in [1.82, 2.24) is 0 Å². The molecule has 14 heavy (non-hydrogen) atoms. The fourth-order valence-electron chi connectivity index (χ4n) is 1.22. The Bertz CT molecular complexity index is 440. The van der Waals surface area contributed by atoms with Gasteiger partial charge < -0.3 is 4.42 Å². The van der Waals surface area contributed by atoms with Crippen LogP contribution < -0.4 is 16.3 Å². The fraction of sp³-hybridized carbons (Fsp3) is 0.417. The molecule has 1 heterocycles. The molecular weight excluding hydrogens is 176 g/mol. The molecule has 0 saturated carbocycles. The minimum atomic E-state index is -0.268. The molecule has 0 bridgehead atoms. The number of hydrogen-bond donors (Lipinski definition) is 0. The Kier molecular flexibility index (Phi) is 4.17. The van der Waals surface area contributed by atoms with Crippen molar-refractivity contribution >= 4 is 12.2 Å². The number of fused-ring (bicyclic) bond motifs is 1. The molecule has 2 rings (SSSR count). The monoisotopic (exact) mass is 192 g/mol. The molecule has 0 spiro atoms. The van der Waals surface area contributed by atoms with Gasteiger partial charge in [-0.3, -0.25) is 0 Å². The third-order valence-corrected chi connectivity index (χ3v) is 1.75. The van der Waals surface area contributed by atoms with E-state index in [1.54, 1.807) is 6.07 Å². The number of hydrogen-bond acceptors (Lipinski definition) is 2. The van der Waals surface area contributed by atoms with Gasteiger partial charge in [-0.25, -0.2) is 4.79 Å². The van der Waals surface area contributed by atoms with Crippen molar-refractivity contribution in [2.45, 2.75) is 33.1 Å². The maximum Gasteiger partial charge on any atom is 0.336 e. The van der Waals surface area contributed by atoms with Crippen LogP contribution >= 0.6 is 0 Å². The van der Waals surface area contributed by atoms with Gasteiger partial charge in [0.1, 0.15) is 5.42 Å². The van der Waals surface area contributed by atoms with E-state index in [9.17, 15) is 4.79 Å². The van der Waals surface area contributed by atoms with E-state index in [4.69, 9.17) is 4.42 Å². The third kappa shape index (κ3) is 2.87. The summed E-state index contributed by atoms with van der Waals surface area (Å²) in [5, 5.41) is 1.04. The van der Waals surface area contributed by atoms with Crippen LogP contribution in [0.4, 0.5) is 0 Å². The highest BCUT2D eigenvalue weighted by molar-refractivity contribution is 5.33. The standard InChI is InChI=1S/C9H8O2.C3H8/c10-9-6-5-7-3-1-2-4-8(7)11-9;1-3-2/h3-6H,1-2H2;3H2,1-2H3. The highest BCUT2D eigenvalue weighted by atomic mass is 16.4. The number of rotatable bonds is 0. The molecule has 1 aromatic rings. The molecule has 0 fully saturated rings. The van der Waals surface area contributed by atoms with Crippen LogP contribution in [0.25, 0.3) is 12.2 Å². The maximum absolute atomic E-state index is 10.7. The Morgan fingerprint density at radius 3 is 2.57 bits per heavy atom. The average Bonchev–Trinajstić information content (AvgIpc) is 2.19. The summed E-state index contributed by atoms with van der Waals surface area (Å²) in [6, 6.07) is 3.26. The van der Waals surface area contributed by atoms with Crippen molar-refractivity contribution in [2.24, 2.45) is 0 Å². The van der Waals surface area contributed by atoms with E-state index in [0.29, 0.717) is 0 Å². The van der Waals surface area contributed by atoms with Gasteiger partial charge in [0.2, 0.25) is 0 Å². The first-order valence-corrected chi connectivity index (χ1v) is 5.08. The predicted octanol–water partition coefficient (Wildman–Crippen LogP) is 1.41. The first-order valence-electron chi connectivity index (χ1n) is 5.08. The molecule has 1 aliphatic carbocycles. The molecule has 0 amide bonds. The van der Waals surface area contributed by atoms with E-state index in [2.05, 4.69) is 19.9 Å². The van der Waals surface area contributed by atoms with Crippen molar-refractivity contribution in [3.63, 3.8) is 0 Å². The zero-order valence-electron chi connectivity index (χ0n) is 8.75. The van der Waals surface area contributed by atoms with E-state index >= 15 is 0 Å². The first kappa shape index (κ1) is 10.8. The van der Waals surface area contributed by atoms with Crippen LogP contribution in [-0.4, -0.2) is 0 Å². The minimum absolute atomic E-state index is 0.268. The SMILES string of the molecule is CCC.O=c1ccc2c(o1)=CCCC=2. The van der Waals surface area contributed by atoms with Gasteiger partial charge in [-0.05, 0) is 25.0 Å². The van der Waals surface area contributed by atoms with Crippen molar-refractivity contribution in [2.75, 3.05) is 0 Å². The highest BCUT2D eigenvalue weighted by Crippen LogP contribution is 1.92. The van der Waals surface area contributed by atoms with Crippen LogP contribution in [0.15, 0.2) is 21.3 Å². The van der Waals surface area contributed by atoms with Crippen molar-refractivity contribution in [3.05, 3.63) is 33.2 Å². The van der Waals surface area contributed by atoms with Crippen molar-refractivity contribution in [1.29, 1.82) is 0 Å². The molecule has 1 aliphatic rings. The molecule has 76 valence electrons. The third-order valence-electron chi connectivity index (χ3n) is 1.75. The Balaban J connectivity index is 0.000000293. The molecule has 0 radical (unpaired) electrons. The van der Waals surface area contributed by atoms with Gasteiger partial charge in [0.25, 0.3) is 0 Å². The quantitative estimate of drug-likeness (QED) is 0.622. The lowest BCUT2D eigenvalue weighted by atomic mass is 10.2.